The van der Waals surface area contributed by atoms with Crippen molar-refractivity contribution in [2.45, 2.75) is 32.6 Å². The summed E-state index contributed by atoms with van der Waals surface area (Å²) in [5, 5.41) is 3.59. The van der Waals surface area contributed by atoms with Crippen LogP contribution in [0.5, 0.6) is 23.0 Å². The molecule has 31 heavy (non-hydrogen) atoms. The van der Waals surface area contributed by atoms with E-state index in [2.05, 4.69) is 5.32 Å². The standard InChI is InChI=1S/C24H35NO6/c1-7-30-24(31-8-2)16-25-19(18-10-12-21(27-4)23(15-18)29-6)13-17-9-11-20(26-3)22(14-17)28-5/h9-12,14-15,19,24-25H,7-8,13,16H2,1-6H3/t19-/m0/s1. The van der Waals surface area contributed by atoms with Gasteiger partial charge in [0.25, 0.3) is 0 Å². The summed E-state index contributed by atoms with van der Waals surface area (Å²) in [5.41, 5.74) is 2.17. The zero-order valence-electron chi connectivity index (χ0n) is 19.4. The predicted octanol–water partition coefficient (Wildman–Crippen LogP) is 3.99. The van der Waals surface area contributed by atoms with Crippen LogP contribution in [0.1, 0.15) is 31.0 Å². The fourth-order valence-electron chi connectivity index (χ4n) is 3.40. The molecule has 7 heteroatoms. The van der Waals surface area contributed by atoms with Gasteiger partial charge in [0, 0.05) is 25.8 Å². The van der Waals surface area contributed by atoms with Gasteiger partial charge in [-0.1, -0.05) is 12.1 Å². The van der Waals surface area contributed by atoms with Crippen molar-refractivity contribution in [3.63, 3.8) is 0 Å². The monoisotopic (exact) mass is 433 g/mol. The van der Waals surface area contributed by atoms with E-state index in [1.54, 1.807) is 28.4 Å². The number of nitrogens with one attached hydrogen (secondary N) is 1. The molecule has 0 saturated carbocycles. The summed E-state index contributed by atoms with van der Waals surface area (Å²) in [6, 6.07) is 11.9. The summed E-state index contributed by atoms with van der Waals surface area (Å²) in [4.78, 5) is 0. The minimum absolute atomic E-state index is 0.0127. The summed E-state index contributed by atoms with van der Waals surface area (Å²) >= 11 is 0. The Bertz CT molecular complexity index is 792. The fourth-order valence-corrected chi connectivity index (χ4v) is 3.40. The largest absolute Gasteiger partial charge is 0.493 e. The van der Waals surface area contributed by atoms with Crippen molar-refractivity contribution in [1.82, 2.24) is 5.32 Å². The lowest BCUT2D eigenvalue weighted by Gasteiger charge is -2.24. The van der Waals surface area contributed by atoms with Crippen LogP contribution in [-0.2, 0) is 15.9 Å². The molecule has 0 aliphatic heterocycles. The van der Waals surface area contributed by atoms with Crippen LogP contribution in [0.3, 0.4) is 0 Å². The lowest BCUT2D eigenvalue weighted by atomic mass is 9.98. The predicted molar refractivity (Wildman–Crippen MR) is 121 cm³/mol. The number of ether oxygens (including phenoxy) is 6. The number of benzene rings is 2. The maximum atomic E-state index is 5.70. The second kappa shape index (κ2) is 13.0. The molecule has 2 rings (SSSR count). The van der Waals surface area contributed by atoms with Gasteiger partial charge in [-0.05, 0) is 55.7 Å². The highest BCUT2D eigenvalue weighted by Gasteiger charge is 2.18. The molecule has 0 aromatic heterocycles. The molecule has 0 unspecified atom stereocenters. The van der Waals surface area contributed by atoms with Gasteiger partial charge in [-0.15, -0.1) is 0 Å². The first-order valence-corrected chi connectivity index (χ1v) is 10.5. The molecule has 2 aromatic rings. The van der Waals surface area contributed by atoms with Crippen molar-refractivity contribution in [1.29, 1.82) is 0 Å². The number of rotatable bonds is 14. The number of hydrogen-bond donors (Lipinski definition) is 1. The van der Waals surface area contributed by atoms with E-state index < -0.39 is 0 Å². The molecule has 0 amide bonds. The van der Waals surface area contributed by atoms with E-state index in [1.165, 1.54) is 0 Å². The Kier molecular flexibility index (Phi) is 10.4. The molecule has 0 bridgehead atoms. The molecular formula is C24H35NO6. The Morgan fingerprint density at radius 1 is 0.710 bits per heavy atom. The van der Waals surface area contributed by atoms with Crippen molar-refractivity contribution >= 4 is 0 Å². The van der Waals surface area contributed by atoms with Gasteiger partial charge in [0.1, 0.15) is 0 Å². The molecule has 7 nitrogen and oxygen atoms in total. The van der Waals surface area contributed by atoms with Crippen molar-refractivity contribution in [2.24, 2.45) is 0 Å². The molecule has 1 N–H and O–H groups in total. The molecular weight excluding hydrogens is 398 g/mol. The summed E-state index contributed by atoms with van der Waals surface area (Å²) in [5.74, 6) is 2.78. The Labute approximate surface area is 185 Å². The SMILES string of the molecule is CCOC(CN[C@@H](Cc1ccc(OC)c(OC)c1)c1ccc(OC)c(OC)c1)OCC. The second-order valence-corrected chi connectivity index (χ2v) is 6.81. The maximum absolute atomic E-state index is 5.70. The topological polar surface area (TPSA) is 67.4 Å². The molecule has 0 spiro atoms. The quantitative estimate of drug-likeness (QED) is 0.452. The highest BCUT2D eigenvalue weighted by Crippen LogP contribution is 2.33. The Balaban J connectivity index is 2.31. The van der Waals surface area contributed by atoms with E-state index in [0.717, 1.165) is 17.5 Å². The van der Waals surface area contributed by atoms with Gasteiger partial charge in [0.2, 0.25) is 0 Å². The third kappa shape index (κ3) is 7.02. The van der Waals surface area contributed by atoms with Crippen LogP contribution in [0.25, 0.3) is 0 Å². The first kappa shape index (κ1) is 24.8. The zero-order valence-corrected chi connectivity index (χ0v) is 19.4. The molecule has 1 atom stereocenters. The Morgan fingerprint density at radius 2 is 1.26 bits per heavy atom. The van der Waals surface area contributed by atoms with Crippen LogP contribution >= 0.6 is 0 Å². The normalized spacial score (nSPS) is 12.0. The van der Waals surface area contributed by atoms with Crippen LogP contribution in [0, 0.1) is 0 Å². The molecule has 2 aromatic carbocycles. The molecule has 0 saturated heterocycles. The zero-order chi connectivity index (χ0) is 22.6. The summed E-state index contributed by atoms with van der Waals surface area (Å²) in [6.45, 7) is 5.64. The highest BCUT2D eigenvalue weighted by molar-refractivity contribution is 5.46. The van der Waals surface area contributed by atoms with Crippen LogP contribution in [0.4, 0.5) is 0 Å². The van der Waals surface area contributed by atoms with Crippen molar-refractivity contribution < 1.29 is 28.4 Å². The van der Waals surface area contributed by atoms with Gasteiger partial charge >= 0.3 is 0 Å². The number of methoxy groups -OCH3 is 4. The van der Waals surface area contributed by atoms with E-state index in [1.807, 2.05) is 50.2 Å². The highest BCUT2D eigenvalue weighted by atomic mass is 16.7. The smallest absolute Gasteiger partial charge is 0.169 e. The Hall–Kier alpha value is -2.48. The van der Waals surface area contributed by atoms with E-state index in [-0.39, 0.29) is 12.3 Å². The van der Waals surface area contributed by atoms with E-state index >= 15 is 0 Å². The van der Waals surface area contributed by atoms with Gasteiger partial charge in [-0.3, -0.25) is 0 Å². The van der Waals surface area contributed by atoms with Crippen LogP contribution in [0.2, 0.25) is 0 Å². The van der Waals surface area contributed by atoms with Gasteiger partial charge in [-0.25, -0.2) is 0 Å². The van der Waals surface area contributed by atoms with Gasteiger partial charge < -0.3 is 33.7 Å². The van der Waals surface area contributed by atoms with Gasteiger partial charge in [0.05, 0.1) is 28.4 Å². The summed E-state index contributed by atoms with van der Waals surface area (Å²) in [6.07, 6.45) is 0.406. The van der Waals surface area contributed by atoms with Crippen LogP contribution in [0.15, 0.2) is 36.4 Å². The van der Waals surface area contributed by atoms with E-state index in [0.29, 0.717) is 42.8 Å². The lowest BCUT2D eigenvalue weighted by molar-refractivity contribution is -0.133. The van der Waals surface area contributed by atoms with Crippen molar-refractivity contribution in [3.05, 3.63) is 47.5 Å². The van der Waals surface area contributed by atoms with Crippen molar-refractivity contribution in [3.8, 4) is 23.0 Å². The van der Waals surface area contributed by atoms with E-state index in [9.17, 15) is 0 Å². The third-order valence-corrected chi connectivity index (χ3v) is 4.93. The molecule has 172 valence electrons. The lowest BCUT2D eigenvalue weighted by Crippen LogP contribution is -2.35. The fraction of sp³-hybridized carbons (Fsp3) is 0.500. The van der Waals surface area contributed by atoms with Crippen LogP contribution in [-0.4, -0.2) is 54.5 Å². The molecule has 0 aliphatic rings. The molecule has 0 fully saturated rings. The third-order valence-electron chi connectivity index (χ3n) is 4.93. The van der Waals surface area contributed by atoms with Crippen LogP contribution < -0.4 is 24.3 Å². The minimum atomic E-state index is -0.317. The molecule has 0 aliphatic carbocycles. The summed E-state index contributed by atoms with van der Waals surface area (Å²) in [7, 11) is 6.54. The molecule has 0 radical (unpaired) electrons. The van der Waals surface area contributed by atoms with E-state index in [4.69, 9.17) is 28.4 Å². The van der Waals surface area contributed by atoms with Gasteiger partial charge in [-0.2, -0.15) is 0 Å². The summed E-state index contributed by atoms with van der Waals surface area (Å²) < 4.78 is 33.1. The minimum Gasteiger partial charge on any atom is -0.493 e. The average molecular weight is 434 g/mol. The first-order valence-electron chi connectivity index (χ1n) is 10.5. The molecule has 0 heterocycles. The number of hydrogen-bond acceptors (Lipinski definition) is 7. The second-order valence-electron chi connectivity index (χ2n) is 6.81. The Morgan fingerprint density at radius 3 is 1.81 bits per heavy atom. The van der Waals surface area contributed by atoms with Gasteiger partial charge in [0.15, 0.2) is 29.3 Å². The average Bonchev–Trinajstić information content (AvgIpc) is 2.81. The maximum Gasteiger partial charge on any atom is 0.169 e. The van der Waals surface area contributed by atoms with Crippen molar-refractivity contribution in [2.75, 3.05) is 48.2 Å². The first-order chi connectivity index (χ1) is 15.1.